The molecule has 19 heavy (non-hydrogen) atoms. The highest BCUT2D eigenvalue weighted by atomic mass is 16.2. The van der Waals surface area contributed by atoms with Crippen molar-refractivity contribution in [3.63, 3.8) is 0 Å². The molecule has 0 spiro atoms. The fourth-order valence-corrected chi connectivity index (χ4v) is 3.66. The standard InChI is InChI=1S/C16H13NO2/c18-15-13-10-6-7-11(14(13)16(19)17-15)12(10)8-9-4-2-1-3-5-9/h1-8,10-11,13-14H,(H,17,18,19)/t10-,11+,13+,14-. The van der Waals surface area contributed by atoms with Gasteiger partial charge in [-0.25, -0.2) is 0 Å². The van der Waals surface area contributed by atoms with E-state index in [0.717, 1.165) is 5.56 Å². The van der Waals surface area contributed by atoms with Gasteiger partial charge in [-0.05, 0) is 5.56 Å². The summed E-state index contributed by atoms with van der Waals surface area (Å²) < 4.78 is 0. The van der Waals surface area contributed by atoms with Crippen LogP contribution in [-0.4, -0.2) is 11.8 Å². The third kappa shape index (κ3) is 1.38. The van der Waals surface area contributed by atoms with Crippen molar-refractivity contribution in [2.24, 2.45) is 23.7 Å². The van der Waals surface area contributed by atoms with E-state index in [0.29, 0.717) is 0 Å². The summed E-state index contributed by atoms with van der Waals surface area (Å²) in [5.74, 6) is -0.380. The summed E-state index contributed by atoms with van der Waals surface area (Å²) in [5, 5.41) is 2.46. The summed E-state index contributed by atoms with van der Waals surface area (Å²) in [4.78, 5) is 23.7. The molecule has 0 radical (unpaired) electrons. The first-order valence-corrected chi connectivity index (χ1v) is 6.55. The van der Waals surface area contributed by atoms with Crippen LogP contribution < -0.4 is 5.32 Å². The van der Waals surface area contributed by atoms with Crippen LogP contribution in [0.25, 0.3) is 6.08 Å². The van der Waals surface area contributed by atoms with Gasteiger partial charge in [0.05, 0.1) is 11.8 Å². The molecule has 3 heteroatoms. The van der Waals surface area contributed by atoms with Crippen LogP contribution in [0.4, 0.5) is 0 Å². The molecule has 1 aromatic carbocycles. The highest BCUT2D eigenvalue weighted by Crippen LogP contribution is 2.54. The van der Waals surface area contributed by atoms with Crippen molar-refractivity contribution in [3.8, 4) is 0 Å². The molecule has 3 nitrogen and oxygen atoms in total. The number of carbonyl (C=O) groups excluding carboxylic acids is 2. The molecule has 0 aromatic heterocycles. The highest BCUT2D eigenvalue weighted by Gasteiger charge is 2.58. The first-order chi connectivity index (χ1) is 9.25. The van der Waals surface area contributed by atoms with Crippen LogP contribution in [0, 0.1) is 23.7 Å². The number of carbonyl (C=O) groups is 2. The van der Waals surface area contributed by atoms with Crippen LogP contribution in [-0.2, 0) is 9.59 Å². The van der Waals surface area contributed by atoms with E-state index in [2.05, 4.69) is 23.5 Å². The van der Waals surface area contributed by atoms with Gasteiger partial charge in [0.1, 0.15) is 0 Å². The minimum Gasteiger partial charge on any atom is -0.296 e. The van der Waals surface area contributed by atoms with Crippen molar-refractivity contribution in [3.05, 3.63) is 53.6 Å². The van der Waals surface area contributed by atoms with Crippen molar-refractivity contribution in [2.75, 3.05) is 0 Å². The van der Waals surface area contributed by atoms with E-state index in [1.54, 1.807) is 0 Å². The lowest BCUT2D eigenvalue weighted by molar-refractivity contribution is -0.126. The minimum atomic E-state index is -0.183. The number of nitrogens with one attached hydrogen (secondary N) is 1. The Morgan fingerprint density at radius 2 is 1.47 bits per heavy atom. The predicted octanol–water partition coefficient (Wildman–Crippen LogP) is 1.77. The van der Waals surface area contributed by atoms with Gasteiger partial charge < -0.3 is 0 Å². The largest absolute Gasteiger partial charge is 0.296 e. The highest BCUT2D eigenvalue weighted by molar-refractivity contribution is 6.07. The van der Waals surface area contributed by atoms with Crippen LogP contribution in [0.2, 0.25) is 0 Å². The molecule has 1 aromatic rings. The molecule has 4 rings (SSSR count). The lowest BCUT2D eigenvalue weighted by atomic mass is 9.85. The molecule has 0 unspecified atom stereocenters. The van der Waals surface area contributed by atoms with Crippen LogP contribution in [0.3, 0.4) is 0 Å². The average molecular weight is 251 g/mol. The van der Waals surface area contributed by atoms with Gasteiger partial charge in [0, 0.05) is 11.8 Å². The van der Waals surface area contributed by atoms with Gasteiger partial charge >= 0.3 is 0 Å². The Labute approximate surface area is 111 Å². The van der Waals surface area contributed by atoms with E-state index in [-0.39, 0.29) is 35.5 Å². The second kappa shape index (κ2) is 3.67. The molecule has 2 aliphatic carbocycles. The van der Waals surface area contributed by atoms with Crippen molar-refractivity contribution < 1.29 is 9.59 Å². The number of allylic oxidation sites excluding steroid dienone is 3. The maximum absolute atomic E-state index is 11.9. The van der Waals surface area contributed by atoms with Crippen molar-refractivity contribution in [2.45, 2.75) is 0 Å². The molecular weight excluding hydrogens is 238 g/mol. The quantitative estimate of drug-likeness (QED) is 0.611. The summed E-state index contributed by atoms with van der Waals surface area (Å²) in [5.41, 5.74) is 2.34. The Balaban J connectivity index is 1.77. The van der Waals surface area contributed by atoms with Gasteiger partial charge in [0.15, 0.2) is 0 Å². The zero-order valence-corrected chi connectivity index (χ0v) is 10.2. The van der Waals surface area contributed by atoms with Crippen molar-refractivity contribution in [1.82, 2.24) is 5.32 Å². The van der Waals surface area contributed by atoms with E-state index in [4.69, 9.17) is 0 Å². The van der Waals surface area contributed by atoms with Crippen LogP contribution >= 0.6 is 0 Å². The number of amides is 2. The molecule has 3 aliphatic rings. The molecule has 1 heterocycles. The molecule has 94 valence electrons. The molecule has 2 bridgehead atoms. The Morgan fingerprint density at radius 1 is 0.895 bits per heavy atom. The maximum atomic E-state index is 11.9. The van der Waals surface area contributed by atoms with Gasteiger partial charge in [0.2, 0.25) is 11.8 Å². The summed E-state index contributed by atoms with van der Waals surface area (Å²) in [7, 11) is 0. The van der Waals surface area contributed by atoms with E-state index in [9.17, 15) is 9.59 Å². The van der Waals surface area contributed by atoms with E-state index >= 15 is 0 Å². The zero-order chi connectivity index (χ0) is 13.0. The summed E-state index contributed by atoms with van der Waals surface area (Å²) >= 11 is 0. The fraction of sp³-hybridized carbons (Fsp3) is 0.250. The lowest BCUT2D eigenvalue weighted by Gasteiger charge is -2.13. The Morgan fingerprint density at radius 3 is 2.05 bits per heavy atom. The molecule has 2 fully saturated rings. The first-order valence-electron chi connectivity index (χ1n) is 6.55. The number of benzene rings is 1. The average Bonchev–Trinajstić information content (AvgIpc) is 3.03. The number of hydrogen-bond acceptors (Lipinski definition) is 2. The molecule has 1 N–H and O–H groups in total. The topological polar surface area (TPSA) is 46.2 Å². The number of rotatable bonds is 1. The number of hydrogen-bond donors (Lipinski definition) is 1. The minimum absolute atomic E-state index is 0.0988. The SMILES string of the molecule is O=C1NC(=O)[C@H]2[C@@H]1[C@@H]1C=C[C@H]2C1=Cc1ccccc1. The normalized spacial score (nSPS) is 36.9. The molecule has 4 atom stereocenters. The second-order valence-corrected chi connectivity index (χ2v) is 5.40. The Bertz CT molecular complexity index is 597. The monoisotopic (exact) mass is 251 g/mol. The summed E-state index contributed by atoms with van der Waals surface area (Å²) in [6, 6.07) is 10.1. The Kier molecular flexibility index (Phi) is 2.07. The van der Waals surface area contributed by atoms with E-state index in [1.165, 1.54) is 5.57 Å². The Hall–Kier alpha value is -2.16. The molecule has 1 saturated carbocycles. The van der Waals surface area contributed by atoms with Gasteiger partial charge in [-0.1, -0.05) is 54.1 Å². The molecular formula is C16H13NO2. The van der Waals surface area contributed by atoms with Crippen molar-refractivity contribution in [1.29, 1.82) is 0 Å². The first kappa shape index (κ1) is 10.7. The lowest BCUT2D eigenvalue weighted by Crippen LogP contribution is -2.25. The zero-order valence-electron chi connectivity index (χ0n) is 10.2. The second-order valence-electron chi connectivity index (χ2n) is 5.40. The van der Waals surface area contributed by atoms with E-state index in [1.807, 2.05) is 30.3 Å². The molecule has 1 saturated heterocycles. The number of fused-ring (bicyclic) bond motifs is 5. The third-order valence-electron chi connectivity index (χ3n) is 4.44. The van der Waals surface area contributed by atoms with Gasteiger partial charge in [0.25, 0.3) is 0 Å². The van der Waals surface area contributed by atoms with Gasteiger partial charge in [-0.2, -0.15) is 0 Å². The third-order valence-corrected chi connectivity index (χ3v) is 4.44. The van der Waals surface area contributed by atoms with Crippen LogP contribution in [0.15, 0.2) is 48.1 Å². The number of imide groups is 1. The van der Waals surface area contributed by atoms with Crippen molar-refractivity contribution >= 4 is 17.9 Å². The van der Waals surface area contributed by atoms with Gasteiger partial charge in [-0.15, -0.1) is 0 Å². The maximum Gasteiger partial charge on any atom is 0.231 e. The smallest absolute Gasteiger partial charge is 0.231 e. The van der Waals surface area contributed by atoms with E-state index < -0.39 is 0 Å². The van der Waals surface area contributed by atoms with Gasteiger partial charge in [-0.3, -0.25) is 14.9 Å². The van der Waals surface area contributed by atoms with Crippen LogP contribution in [0.5, 0.6) is 0 Å². The summed E-state index contributed by atoms with van der Waals surface area (Å²) in [6.45, 7) is 0. The molecule has 1 aliphatic heterocycles. The predicted molar refractivity (Wildman–Crippen MR) is 70.7 cm³/mol. The van der Waals surface area contributed by atoms with Crippen LogP contribution in [0.1, 0.15) is 5.56 Å². The molecule has 2 amide bonds. The fourth-order valence-electron chi connectivity index (χ4n) is 3.66. The summed E-state index contributed by atoms with van der Waals surface area (Å²) in [6.07, 6.45) is 6.30.